The minimum atomic E-state index is -0.373. The van der Waals surface area contributed by atoms with E-state index in [0.717, 1.165) is 5.56 Å². The Bertz CT molecular complexity index is 893. The monoisotopic (exact) mass is 353 g/mol. The second-order valence-electron chi connectivity index (χ2n) is 5.53. The maximum atomic E-state index is 12.9. The van der Waals surface area contributed by atoms with E-state index in [2.05, 4.69) is 15.6 Å². The second kappa shape index (κ2) is 8.06. The fraction of sp³-hybridized carbons (Fsp3) is 0.105. The lowest BCUT2D eigenvalue weighted by Crippen LogP contribution is -2.25. The smallest absolute Gasteiger partial charge is 0.253 e. The summed E-state index contributed by atoms with van der Waals surface area (Å²) in [7, 11) is 0. The number of benzene rings is 1. The van der Waals surface area contributed by atoms with Gasteiger partial charge in [0.1, 0.15) is 11.6 Å². The number of carbonyl (C=O) groups excluding carboxylic acids is 2. The van der Waals surface area contributed by atoms with Crippen LogP contribution in [0.3, 0.4) is 0 Å². The lowest BCUT2D eigenvalue weighted by molar-refractivity contribution is 0.0947. The molecule has 132 valence electrons. The predicted octanol–water partition coefficient (Wildman–Crippen LogP) is 2.67. The Kier molecular flexibility index (Phi) is 5.38. The maximum absolute atomic E-state index is 12.9. The fourth-order valence-corrected chi connectivity index (χ4v) is 2.26. The molecule has 3 aromatic rings. The number of aromatic nitrogens is 1. The maximum Gasteiger partial charge on any atom is 0.253 e. The van der Waals surface area contributed by atoms with E-state index in [9.17, 15) is 14.0 Å². The molecule has 1 aromatic carbocycles. The molecule has 0 unspecified atom stereocenters. The standard InChI is InChI=1S/C19H16FN3O3/c20-16-5-3-13(4-6-16)9-22-18(24)14-8-15(11-21-10-14)19(25)23-12-17-2-1-7-26-17/h1-8,10-11H,9,12H2,(H,22,24)(H,23,25). The van der Waals surface area contributed by atoms with E-state index in [1.165, 1.54) is 36.9 Å². The summed E-state index contributed by atoms with van der Waals surface area (Å²) in [5.41, 5.74) is 1.30. The van der Waals surface area contributed by atoms with E-state index in [-0.39, 0.29) is 41.8 Å². The van der Waals surface area contributed by atoms with Gasteiger partial charge < -0.3 is 15.1 Å². The Hall–Kier alpha value is -3.48. The van der Waals surface area contributed by atoms with Gasteiger partial charge in [0, 0.05) is 18.9 Å². The van der Waals surface area contributed by atoms with Gasteiger partial charge in [-0.25, -0.2) is 4.39 Å². The third kappa shape index (κ3) is 4.54. The van der Waals surface area contributed by atoms with E-state index in [1.807, 2.05) is 0 Å². The van der Waals surface area contributed by atoms with Crippen molar-refractivity contribution in [3.8, 4) is 0 Å². The normalized spacial score (nSPS) is 10.3. The molecule has 2 amide bonds. The van der Waals surface area contributed by atoms with Gasteiger partial charge in [-0.15, -0.1) is 0 Å². The third-order valence-electron chi connectivity index (χ3n) is 3.63. The minimum absolute atomic E-state index is 0.243. The Morgan fingerprint density at radius 3 is 2.23 bits per heavy atom. The number of furan rings is 1. The summed E-state index contributed by atoms with van der Waals surface area (Å²) < 4.78 is 18.0. The number of carbonyl (C=O) groups is 2. The second-order valence-corrected chi connectivity index (χ2v) is 5.53. The SMILES string of the molecule is O=C(NCc1ccc(F)cc1)c1cncc(C(=O)NCc2ccco2)c1. The highest BCUT2D eigenvalue weighted by Crippen LogP contribution is 2.06. The van der Waals surface area contributed by atoms with Crippen molar-refractivity contribution < 1.29 is 18.4 Å². The molecule has 26 heavy (non-hydrogen) atoms. The molecule has 0 saturated carbocycles. The first-order chi connectivity index (χ1) is 12.6. The van der Waals surface area contributed by atoms with E-state index in [0.29, 0.717) is 5.76 Å². The molecule has 3 rings (SSSR count). The number of amides is 2. The molecular formula is C19H16FN3O3. The highest BCUT2D eigenvalue weighted by Gasteiger charge is 2.11. The quantitative estimate of drug-likeness (QED) is 0.714. The van der Waals surface area contributed by atoms with Crippen LogP contribution in [0.4, 0.5) is 4.39 Å². The number of rotatable bonds is 6. The van der Waals surface area contributed by atoms with Crippen LogP contribution in [-0.4, -0.2) is 16.8 Å². The van der Waals surface area contributed by atoms with Crippen molar-refractivity contribution in [3.05, 3.63) is 89.4 Å². The van der Waals surface area contributed by atoms with Gasteiger partial charge in [-0.2, -0.15) is 0 Å². The van der Waals surface area contributed by atoms with Crippen molar-refractivity contribution in [2.75, 3.05) is 0 Å². The number of halogens is 1. The molecule has 0 fully saturated rings. The van der Waals surface area contributed by atoms with Gasteiger partial charge in [0.25, 0.3) is 11.8 Å². The van der Waals surface area contributed by atoms with E-state index < -0.39 is 0 Å². The van der Waals surface area contributed by atoms with E-state index in [1.54, 1.807) is 24.3 Å². The Morgan fingerprint density at radius 1 is 0.962 bits per heavy atom. The number of nitrogens with one attached hydrogen (secondary N) is 2. The van der Waals surface area contributed by atoms with Crippen LogP contribution < -0.4 is 10.6 Å². The lowest BCUT2D eigenvalue weighted by Gasteiger charge is -2.07. The average molecular weight is 353 g/mol. The van der Waals surface area contributed by atoms with Gasteiger partial charge in [0.05, 0.1) is 23.9 Å². The number of nitrogens with zero attached hydrogens (tertiary/aromatic N) is 1. The zero-order chi connectivity index (χ0) is 18.4. The van der Waals surface area contributed by atoms with Crippen LogP contribution in [0.25, 0.3) is 0 Å². The van der Waals surface area contributed by atoms with Crippen LogP contribution in [-0.2, 0) is 13.1 Å². The Labute approximate surface area is 149 Å². The number of hydrogen-bond acceptors (Lipinski definition) is 4. The lowest BCUT2D eigenvalue weighted by atomic mass is 10.1. The largest absolute Gasteiger partial charge is 0.467 e. The number of hydrogen-bond donors (Lipinski definition) is 2. The molecule has 0 atom stereocenters. The molecule has 2 aromatic heterocycles. The summed E-state index contributed by atoms with van der Waals surface area (Å²) in [4.78, 5) is 28.3. The van der Waals surface area contributed by atoms with Crippen LogP contribution in [0, 0.1) is 5.82 Å². The predicted molar refractivity (Wildman–Crippen MR) is 91.7 cm³/mol. The Balaban J connectivity index is 1.59. The summed E-state index contributed by atoms with van der Waals surface area (Å²) in [6, 6.07) is 10.8. The van der Waals surface area contributed by atoms with Gasteiger partial charge in [0.2, 0.25) is 0 Å². The molecule has 2 N–H and O–H groups in total. The van der Waals surface area contributed by atoms with Crippen LogP contribution >= 0.6 is 0 Å². The highest BCUT2D eigenvalue weighted by atomic mass is 19.1. The van der Waals surface area contributed by atoms with Crippen molar-refractivity contribution in [3.63, 3.8) is 0 Å². The van der Waals surface area contributed by atoms with E-state index >= 15 is 0 Å². The first-order valence-electron chi connectivity index (χ1n) is 7.90. The first-order valence-corrected chi connectivity index (χ1v) is 7.90. The van der Waals surface area contributed by atoms with Crippen molar-refractivity contribution in [1.82, 2.24) is 15.6 Å². The molecule has 7 heteroatoms. The van der Waals surface area contributed by atoms with Gasteiger partial charge in [-0.1, -0.05) is 12.1 Å². The molecule has 0 saturated heterocycles. The summed E-state index contributed by atoms with van der Waals surface area (Å²) in [6.45, 7) is 0.487. The molecule has 6 nitrogen and oxygen atoms in total. The van der Waals surface area contributed by atoms with Crippen LogP contribution in [0.1, 0.15) is 32.0 Å². The molecule has 0 radical (unpaired) electrons. The molecule has 0 bridgehead atoms. The average Bonchev–Trinajstić information content (AvgIpc) is 3.19. The summed E-state index contributed by atoms with van der Waals surface area (Å²) >= 11 is 0. The zero-order valence-corrected chi connectivity index (χ0v) is 13.7. The first kappa shape index (κ1) is 17.3. The van der Waals surface area contributed by atoms with Crippen LogP contribution in [0.15, 0.2) is 65.5 Å². The molecule has 0 spiro atoms. The minimum Gasteiger partial charge on any atom is -0.467 e. The van der Waals surface area contributed by atoms with Crippen LogP contribution in [0.2, 0.25) is 0 Å². The number of pyridine rings is 1. The fourth-order valence-electron chi connectivity index (χ4n) is 2.26. The molecule has 0 aliphatic carbocycles. The molecule has 0 aliphatic heterocycles. The van der Waals surface area contributed by atoms with Crippen molar-refractivity contribution >= 4 is 11.8 Å². The van der Waals surface area contributed by atoms with Gasteiger partial charge in [-0.3, -0.25) is 14.6 Å². The summed E-state index contributed by atoms with van der Waals surface area (Å²) in [5.74, 6) is -0.443. The van der Waals surface area contributed by atoms with Gasteiger partial charge >= 0.3 is 0 Å². The van der Waals surface area contributed by atoms with Crippen molar-refractivity contribution in [2.45, 2.75) is 13.1 Å². The highest BCUT2D eigenvalue weighted by molar-refractivity contribution is 5.99. The Morgan fingerprint density at radius 2 is 1.62 bits per heavy atom. The van der Waals surface area contributed by atoms with Gasteiger partial charge in [-0.05, 0) is 35.9 Å². The van der Waals surface area contributed by atoms with E-state index in [4.69, 9.17) is 4.42 Å². The summed E-state index contributed by atoms with van der Waals surface area (Å²) in [6.07, 6.45) is 4.28. The summed E-state index contributed by atoms with van der Waals surface area (Å²) in [5, 5.41) is 5.40. The molecule has 0 aliphatic rings. The van der Waals surface area contributed by atoms with Gasteiger partial charge in [0.15, 0.2) is 0 Å². The van der Waals surface area contributed by atoms with Crippen LogP contribution in [0.5, 0.6) is 0 Å². The van der Waals surface area contributed by atoms with Crippen molar-refractivity contribution in [1.29, 1.82) is 0 Å². The molecular weight excluding hydrogens is 337 g/mol. The van der Waals surface area contributed by atoms with Crippen molar-refractivity contribution in [2.24, 2.45) is 0 Å². The zero-order valence-electron chi connectivity index (χ0n) is 13.7. The molecule has 2 heterocycles. The topological polar surface area (TPSA) is 84.2 Å². The third-order valence-corrected chi connectivity index (χ3v) is 3.63.